The Morgan fingerprint density at radius 3 is 2.88 bits per heavy atom. The van der Waals surface area contributed by atoms with Gasteiger partial charge in [-0.3, -0.25) is 14.7 Å². The second kappa shape index (κ2) is 5.77. The van der Waals surface area contributed by atoms with Gasteiger partial charge in [-0.05, 0) is 6.42 Å². The van der Waals surface area contributed by atoms with E-state index in [4.69, 9.17) is 0 Å². The molecule has 7 heteroatoms. The molecule has 0 unspecified atom stereocenters. The summed E-state index contributed by atoms with van der Waals surface area (Å²) < 4.78 is 0. The van der Waals surface area contributed by atoms with Crippen LogP contribution in [0.4, 0.5) is 0 Å². The van der Waals surface area contributed by atoms with Crippen molar-refractivity contribution >= 4 is 5.91 Å². The summed E-state index contributed by atoms with van der Waals surface area (Å²) in [5.74, 6) is -0.115. The maximum atomic E-state index is 12.9. The normalized spacial score (nSPS) is 13.6. The Kier molecular flexibility index (Phi) is 3.45. The number of hydrogen-bond donors (Lipinski definition) is 2. The number of nitrogens with zero attached hydrogens (tertiary/aromatic N) is 3. The molecule has 120 valence electrons. The molecule has 1 aromatic carbocycles. The maximum Gasteiger partial charge on any atom is 0.258 e. The van der Waals surface area contributed by atoms with E-state index in [9.17, 15) is 9.59 Å². The van der Waals surface area contributed by atoms with Crippen LogP contribution in [0, 0.1) is 0 Å². The van der Waals surface area contributed by atoms with Crippen LogP contribution in [0.5, 0.6) is 0 Å². The molecule has 24 heavy (non-hydrogen) atoms. The fraction of sp³-hybridized carbons (Fsp3) is 0.176. The van der Waals surface area contributed by atoms with Gasteiger partial charge < -0.3 is 9.88 Å². The molecule has 3 heterocycles. The van der Waals surface area contributed by atoms with Crippen molar-refractivity contribution in [3.05, 3.63) is 70.0 Å². The zero-order chi connectivity index (χ0) is 16.5. The van der Waals surface area contributed by atoms with E-state index in [1.807, 2.05) is 30.3 Å². The predicted molar refractivity (Wildman–Crippen MR) is 87.3 cm³/mol. The van der Waals surface area contributed by atoms with Crippen molar-refractivity contribution in [3.8, 4) is 11.3 Å². The first-order chi connectivity index (χ1) is 11.7. The molecule has 0 saturated carbocycles. The smallest absolute Gasteiger partial charge is 0.258 e. The highest BCUT2D eigenvalue weighted by Crippen LogP contribution is 2.23. The first kappa shape index (κ1) is 14.4. The van der Waals surface area contributed by atoms with E-state index >= 15 is 0 Å². The quantitative estimate of drug-likeness (QED) is 0.745. The van der Waals surface area contributed by atoms with Gasteiger partial charge in [-0.1, -0.05) is 30.3 Å². The Morgan fingerprint density at radius 2 is 2.04 bits per heavy atom. The molecule has 0 aliphatic carbocycles. The SMILES string of the molecule is O=C(c1cn[nH]c1-c1ccccc1)N1CCc2c(nc[nH]c2=O)C1. The molecule has 0 bridgehead atoms. The number of benzene rings is 1. The Hall–Kier alpha value is -3.22. The summed E-state index contributed by atoms with van der Waals surface area (Å²) >= 11 is 0. The third kappa shape index (κ3) is 2.40. The second-order valence-corrected chi connectivity index (χ2v) is 5.66. The lowest BCUT2D eigenvalue weighted by Crippen LogP contribution is -2.39. The number of rotatable bonds is 2. The van der Waals surface area contributed by atoms with E-state index in [1.165, 1.54) is 6.33 Å². The van der Waals surface area contributed by atoms with Crippen molar-refractivity contribution in [1.82, 2.24) is 25.1 Å². The first-order valence-electron chi connectivity index (χ1n) is 7.67. The van der Waals surface area contributed by atoms with E-state index < -0.39 is 0 Å². The maximum absolute atomic E-state index is 12.9. The number of carbonyl (C=O) groups excluding carboxylic acids is 1. The van der Waals surface area contributed by atoms with E-state index in [1.54, 1.807) is 11.1 Å². The lowest BCUT2D eigenvalue weighted by molar-refractivity contribution is 0.0732. The summed E-state index contributed by atoms with van der Waals surface area (Å²) in [5, 5.41) is 6.93. The number of carbonyl (C=O) groups is 1. The predicted octanol–water partition coefficient (Wildman–Crippen LogP) is 1.36. The fourth-order valence-corrected chi connectivity index (χ4v) is 2.98. The highest BCUT2D eigenvalue weighted by molar-refractivity contribution is 5.99. The summed E-state index contributed by atoms with van der Waals surface area (Å²) in [4.78, 5) is 33.2. The van der Waals surface area contributed by atoms with Gasteiger partial charge in [-0.15, -0.1) is 0 Å². The molecule has 1 aliphatic rings. The Balaban J connectivity index is 1.65. The van der Waals surface area contributed by atoms with Crippen LogP contribution >= 0.6 is 0 Å². The van der Waals surface area contributed by atoms with Gasteiger partial charge in [0.15, 0.2) is 0 Å². The largest absolute Gasteiger partial charge is 0.332 e. The number of nitrogens with one attached hydrogen (secondary N) is 2. The number of fused-ring (bicyclic) bond motifs is 1. The molecule has 0 fully saturated rings. The van der Waals surface area contributed by atoms with Crippen LogP contribution in [0.15, 0.2) is 47.7 Å². The number of hydrogen-bond acceptors (Lipinski definition) is 4. The van der Waals surface area contributed by atoms with Crippen LogP contribution in [-0.2, 0) is 13.0 Å². The zero-order valence-electron chi connectivity index (χ0n) is 12.8. The van der Waals surface area contributed by atoms with Gasteiger partial charge in [0.2, 0.25) is 0 Å². The summed E-state index contributed by atoms with van der Waals surface area (Å²) in [6.07, 6.45) is 3.43. The minimum Gasteiger partial charge on any atom is -0.332 e. The molecule has 0 spiro atoms. The average Bonchev–Trinajstić information content (AvgIpc) is 3.11. The van der Waals surface area contributed by atoms with Crippen LogP contribution in [0.1, 0.15) is 21.6 Å². The van der Waals surface area contributed by atoms with Gasteiger partial charge in [-0.2, -0.15) is 5.10 Å². The molecular formula is C17H15N5O2. The lowest BCUT2D eigenvalue weighted by atomic mass is 10.0. The second-order valence-electron chi connectivity index (χ2n) is 5.66. The molecule has 0 saturated heterocycles. The fourth-order valence-electron chi connectivity index (χ4n) is 2.98. The van der Waals surface area contributed by atoms with Crippen LogP contribution in [-0.4, -0.2) is 37.5 Å². The Labute approximate surface area is 137 Å². The lowest BCUT2D eigenvalue weighted by Gasteiger charge is -2.27. The molecular weight excluding hydrogens is 306 g/mol. The van der Waals surface area contributed by atoms with E-state index in [0.29, 0.717) is 42.0 Å². The van der Waals surface area contributed by atoms with Gasteiger partial charge in [0.05, 0.1) is 36.0 Å². The van der Waals surface area contributed by atoms with Gasteiger partial charge in [0, 0.05) is 17.7 Å². The van der Waals surface area contributed by atoms with Crippen molar-refractivity contribution in [2.24, 2.45) is 0 Å². The van der Waals surface area contributed by atoms with E-state index in [2.05, 4.69) is 20.2 Å². The molecule has 1 amide bonds. The van der Waals surface area contributed by atoms with Crippen LogP contribution in [0.3, 0.4) is 0 Å². The molecule has 3 aromatic rings. The van der Waals surface area contributed by atoms with Gasteiger partial charge >= 0.3 is 0 Å². The Bertz CT molecular complexity index is 945. The third-order valence-corrected chi connectivity index (χ3v) is 4.23. The molecule has 7 nitrogen and oxygen atoms in total. The van der Waals surface area contributed by atoms with Crippen LogP contribution in [0.25, 0.3) is 11.3 Å². The number of aromatic amines is 2. The minimum atomic E-state index is -0.125. The van der Waals surface area contributed by atoms with Crippen LogP contribution < -0.4 is 5.56 Å². The topological polar surface area (TPSA) is 94.7 Å². The van der Waals surface area contributed by atoms with E-state index in [-0.39, 0.29) is 11.5 Å². The highest BCUT2D eigenvalue weighted by Gasteiger charge is 2.26. The molecule has 2 aromatic heterocycles. The number of amides is 1. The minimum absolute atomic E-state index is 0.115. The van der Waals surface area contributed by atoms with E-state index in [0.717, 1.165) is 5.56 Å². The van der Waals surface area contributed by atoms with Gasteiger partial charge in [0.1, 0.15) is 0 Å². The van der Waals surface area contributed by atoms with Crippen molar-refractivity contribution in [2.45, 2.75) is 13.0 Å². The van der Waals surface area contributed by atoms with Crippen molar-refractivity contribution < 1.29 is 4.79 Å². The van der Waals surface area contributed by atoms with Gasteiger partial charge in [0.25, 0.3) is 11.5 Å². The van der Waals surface area contributed by atoms with Crippen molar-refractivity contribution in [2.75, 3.05) is 6.54 Å². The summed E-state index contributed by atoms with van der Waals surface area (Å²) in [6, 6.07) is 9.61. The first-order valence-corrected chi connectivity index (χ1v) is 7.67. The molecule has 2 N–H and O–H groups in total. The summed E-state index contributed by atoms with van der Waals surface area (Å²) in [5.41, 5.74) is 3.32. The van der Waals surface area contributed by atoms with Crippen molar-refractivity contribution in [1.29, 1.82) is 0 Å². The molecule has 0 radical (unpaired) electrons. The number of aromatic nitrogens is 4. The molecule has 1 aliphatic heterocycles. The Morgan fingerprint density at radius 1 is 1.21 bits per heavy atom. The monoisotopic (exact) mass is 321 g/mol. The zero-order valence-corrected chi connectivity index (χ0v) is 12.8. The van der Waals surface area contributed by atoms with Gasteiger partial charge in [-0.25, -0.2) is 4.98 Å². The molecule has 0 atom stereocenters. The highest BCUT2D eigenvalue weighted by atomic mass is 16.2. The third-order valence-electron chi connectivity index (χ3n) is 4.23. The van der Waals surface area contributed by atoms with Crippen molar-refractivity contribution in [3.63, 3.8) is 0 Å². The standard InChI is InChI=1S/C17H15N5O2/c23-16-12-6-7-22(9-14(12)18-10-19-16)17(24)13-8-20-21-15(13)11-4-2-1-3-5-11/h1-5,8,10H,6-7,9H2,(H,20,21)(H,18,19,23). The molecule has 4 rings (SSSR count). The average molecular weight is 321 g/mol. The summed E-state index contributed by atoms with van der Waals surface area (Å²) in [6.45, 7) is 0.817. The van der Waals surface area contributed by atoms with Crippen LogP contribution in [0.2, 0.25) is 0 Å². The summed E-state index contributed by atoms with van der Waals surface area (Å²) in [7, 11) is 0. The number of H-pyrrole nitrogens is 2.